The number of benzene rings is 1. The number of Topliss-reactive ketones (excluding diaryl/α,β-unsaturated/α-hetero) is 1. The van der Waals surface area contributed by atoms with Gasteiger partial charge in [-0.15, -0.1) is 0 Å². The van der Waals surface area contributed by atoms with Gasteiger partial charge >= 0.3 is 0 Å². The Balaban J connectivity index is 2.23. The molecule has 2 N–H and O–H groups in total. The van der Waals surface area contributed by atoms with Crippen LogP contribution in [0.25, 0.3) is 0 Å². The van der Waals surface area contributed by atoms with E-state index < -0.39 is 23.5 Å². The van der Waals surface area contributed by atoms with Crippen LogP contribution in [0.15, 0.2) is 30.3 Å². The summed E-state index contributed by atoms with van der Waals surface area (Å²) in [5.74, 6) is -2.55. The number of rotatable bonds is 4. The minimum absolute atomic E-state index is 0.200. The molecule has 0 aliphatic carbocycles. The molecule has 5 heteroatoms. The third-order valence-corrected chi connectivity index (χ3v) is 3.24. The molecule has 1 saturated heterocycles. The van der Waals surface area contributed by atoms with E-state index in [9.17, 15) is 14.4 Å². The monoisotopic (exact) mass is 260 g/mol. The van der Waals surface area contributed by atoms with Gasteiger partial charge < -0.3 is 10.6 Å². The molecule has 0 bridgehead atoms. The van der Waals surface area contributed by atoms with Crippen molar-refractivity contribution in [3.05, 3.63) is 35.9 Å². The summed E-state index contributed by atoms with van der Waals surface area (Å²) < 4.78 is 0. The van der Waals surface area contributed by atoms with Crippen LogP contribution in [0.2, 0.25) is 0 Å². The zero-order chi connectivity index (χ0) is 13.8. The molecule has 5 nitrogen and oxygen atoms in total. The number of carbonyl (C=O) groups excluding carboxylic acids is 3. The van der Waals surface area contributed by atoms with E-state index in [4.69, 9.17) is 0 Å². The quantitative estimate of drug-likeness (QED) is 0.760. The molecular formula is C14H16N2O3. The smallest absolute Gasteiger partial charge is 0.287 e. The van der Waals surface area contributed by atoms with E-state index >= 15 is 0 Å². The third kappa shape index (κ3) is 2.65. The Bertz CT molecular complexity index is 499. The lowest BCUT2D eigenvalue weighted by molar-refractivity contribution is -0.140. The second-order valence-electron chi connectivity index (χ2n) is 4.46. The van der Waals surface area contributed by atoms with Gasteiger partial charge in [0.05, 0.1) is 11.8 Å². The number of amides is 2. The summed E-state index contributed by atoms with van der Waals surface area (Å²) in [5, 5.41) is 5.14. The van der Waals surface area contributed by atoms with E-state index in [1.807, 2.05) is 18.2 Å². The number of likely N-dealkylation sites (N-methyl/N-ethyl adjacent to an activating group) is 1. The van der Waals surface area contributed by atoms with Crippen molar-refractivity contribution in [2.24, 2.45) is 5.92 Å². The van der Waals surface area contributed by atoms with E-state index in [2.05, 4.69) is 10.6 Å². The molecular weight excluding hydrogens is 244 g/mol. The summed E-state index contributed by atoms with van der Waals surface area (Å²) >= 11 is 0. The fourth-order valence-corrected chi connectivity index (χ4v) is 2.33. The summed E-state index contributed by atoms with van der Waals surface area (Å²) in [4.78, 5) is 35.5. The van der Waals surface area contributed by atoms with Crippen LogP contribution in [0, 0.1) is 5.92 Å². The molecule has 2 rings (SSSR count). The Morgan fingerprint density at radius 3 is 2.63 bits per heavy atom. The van der Waals surface area contributed by atoms with Gasteiger partial charge in [-0.25, -0.2) is 0 Å². The van der Waals surface area contributed by atoms with Crippen LogP contribution < -0.4 is 10.6 Å². The summed E-state index contributed by atoms with van der Waals surface area (Å²) in [6.45, 7) is 2.36. The van der Waals surface area contributed by atoms with Crippen molar-refractivity contribution in [3.8, 4) is 0 Å². The summed E-state index contributed by atoms with van der Waals surface area (Å²) in [5.41, 5.74) is 0.764. The zero-order valence-electron chi connectivity index (χ0n) is 10.7. The first-order valence-corrected chi connectivity index (χ1v) is 6.29. The Kier molecular flexibility index (Phi) is 3.94. The van der Waals surface area contributed by atoms with Gasteiger partial charge in [0.15, 0.2) is 0 Å². The predicted molar refractivity (Wildman–Crippen MR) is 69.4 cm³/mol. The maximum absolute atomic E-state index is 12.1. The SMILES string of the molecule is CCNC(=O)C(=O)[C@H]1CNC(=O)[C@@H]1c1ccccc1. The molecule has 1 fully saturated rings. The Labute approximate surface area is 111 Å². The van der Waals surface area contributed by atoms with Crippen LogP contribution in [-0.2, 0) is 14.4 Å². The normalized spacial score (nSPS) is 21.8. The molecule has 19 heavy (non-hydrogen) atoms. The molecule has 0 radical (unpaired) electrons. The second-order valence-corrected chi connectivity index (χ2v) is 4.46. The molecule has 0 spiro atoms. The van der Waals surface area contributed by atoms with Crippen LogP contribution in [0.1, 0.15) is 18.4 Å². The van der Waals surface area contributed by atoms with Crippen molar-refractivity contribution in [2.75, 3.05) is 13.1 Å². The van der Waals surface area contributed by atoms with Crippen molar-refractivity contribution >= 4 is 17.6 Å². The standard InChI is InChI=1S/C14H16N2O3/c1-2-15-14(19)12(17)10-8-16-13(18)11(10)9-6-4-3-5-7-9/h3-7,10-11H,2,8H2,1H3,(H,15,19)(H,16,18)/t10-,11+/m0/s1. The maximum Gasteiger partial charge on any atom is 0.287 e. The summed E-state index contributed by atoms with van der Waals surface area (Å²) in [6.07, 6.45) is 0. The minimum Gasteiger partial charge on any atom is -0.355 e. The van der Waals surface area contributed by atoms with Gasteiger partial charge in [0, 0.05) is 13.1 Å². The van der Waals surface area contributed by atoms with Crippen molar-refractivity contribution in [3.63, 3.8) is 0 Å². The fourth-order valence-electron chi connectivity index (χ4n) is 2.33. The molecule has 1 heterocycles. The number of hydrogen-bond acceptors (Lipinski definition) is 3. The topological polar surface area (TPSA) is 75.3 Å². The lowest BCUT2D eigenvalue weighted by atomic mass is 9.85. The van der Waals surface area contributed by atoms with Gasteiger partial charge in [0.25, 0.3) is 5.91 Å². The Hall–Kier alpha value is -2.17. The molecule has 2 amide bonds. The van der Waals surface area contributed by atoms with Crippen LogP contribution in [0.5, 0.6) is 0 Å². The van der Waals surface area contributed by atoms with Crippen LogP contribution in [0.3, 0.4) is 0 Å². The molecule has 0 aromatic heterocycles. The lowest BCUT2D eigenvalue weighted by Crippen LogP contribution is -2.37. The van der Waals surface area contributed by atoms with Gasteiger partial charge in [0.1, 0.15) is 0 Å². The van der Waals surface area contributed by atoms with E-state index in [0.29, 0.717) is 6.54 Å². The van der Waals surface area contributed by atoms with Crippen molar-refractivity contribution < 1.29 is 14.4 Å². The van der Waals surface area contributed by atoms with Gasteiger partial charge in [-0.1, -0.05) is 30.3 Å². The first-order chi connectivity index (χ1) is 9.15. The highest BCUT2D eigenvalue weighted by Gasteiger charge is 2.42. The van der Waals surface area contributed by atoms with Gasteiger partial charge in [-0.05, 0) is 12.5 Å². The molecule has 0 saturated carbocycles. The largest absolute Gasteiger partial charge is 0.355 e. The lowest BCUT2D eigenvalue weighted by Gasteiger charge is -2.15. The number of nitrogens with one attached hydrogen (secondary N) is 2. The van der Waals surface area contributed by atoms with Crippen molar-refractivity contribution in [1.82, 2.24) is 10.6 Å². The van der Waals surface area contributed by atoms with Crippen molar-refractivity contribution in [2.45, 2.75) is 12.8 Å². The molecule has 1 aliphatic rings. The predicted octanol–water partition coefficient (Wildman–Crippen LogP) is 0.221. The van der Waals surface area contributed by atoms with Gasteiger partial charge in [-0.3, -0.25) is 14.4 Å². The molecule has 2 atom stereocenters. The zero-order valence-corrected chi connectivity index (χ0v) is 10.7. The molecule has 100 valence electrons. The van der Waals surface area contributed by atoms with Gasteiger partial charge in [-0.2, -0.15) is 0 Å². The second kappa shape index (κ2) is 5.65. The van der Waals surface area contributed by atoms with E-state index in [-0.39, 0.29) is 12.5 Å². The average Bonchev–Trinajstić information content (AvgIpc) is 2.81. The Morgan fingerprint density at radius 1 is 1.32 bits per heavy atom. The summed E-state index contributed by atoms with van der Waals surface area (Å²) in [6, 6.07) is 9.07. The number of carbonyl (C=O) groups is 3. The highest BCUT2D eigenvalue weighted by molar-refractivity contribution is 6.37. The molecule has 1 aromatic carbocycles. The number of hydrogen-bond donors (Lipinski definition) is 2. The third-order valence-electron chi connectivity index (χ3n) is 3.24. The highest BCUT2D eigenvalue weighted by atomic mass is 16.2. The van der Waals surface area contributed by atoms with Crippen LogP contribution >= 0.6 is 0 Å². The first-order valence-electron chi connectivity index (χ1n) is 6.29. The molecule has 1 aromatic rings. The highest BCUT2D eigenvalue weighted by Crippen LogP contribution is 2.29. The molecule has 0 unspecified atom stereocenters. The minimum atomic E-state index is -0.624. The van der Waals surface area contributed by atoms with Gasteiger partial charge in [0.2, 0.25) is 11.7 Å². The molecule has 1 aliphatic heterocycles. The van der Waals surface area contributed by atoms with Crippen LogP contribution in [-0.4, -0.2) is 30.7 Å². The fraction of sp³-hybridized carbons (Fsp3) is 0.357. The van der Waals surface area contributed by atoms with Crippen LogP contribution in [0.4, 0.5) is 0 Å². The first kappa shape index (κ1) is 13.3. The van der Waals surface area contributed by atoms with E-state index in [0.717, 1.165) is 5.56 Å². The maximum atomic E-state index is 12.1. The van der Waals surface area contributed by atoms with E-state index in [1.165, 1.54) is 0 Å². The Morgan fingerprint density at radius 2 is 2.00 bits per heavy atom. The summed E-state index contributed by atoms with van der Waals surface area (Å²) in [7, 11) is 0. The average molecular weight is 260 g/mol. The van der Waals surface area contributed by atoms with Crippen molar-refractivity contribution in [1.29, 1.82) is 0 Å². The number of ketones is 1. The van der Waals surface area contributed by atoms with E-state index in [1.54, 1.807) is 19.1 Å².